The molecule has 6 nitrogen and oxygen atoms in total. The molecule has 1 aromatic carbocycles. The number of aromatic nitrogens is 4. The largest absolute Gasteiger partial charge is 0.478 e. The van der Waals surface area contributed by atoms with Crippen LogP contribution in [0.2, 0.25) is 0 Å². The van der Waals surface area contributed by atoms with E-state index in [0.29, 0.717) is 24.8 Å². The highest BCUT2D eigenvalue weighted by Crippen LogP contribution is 2.12. The first-order chi connectivity index (χ1) is 11.7. The molecule has 1 N–H and O–H groups in total. The molecule has 7 heteroatoms. The Morgan fingerprint density at radius 3 is 2.79 bits per heavy atom. The van der Waals surface area contributed by atoms with Gasteiger partial charge in [0.2, 0.25) is 5.88 Å². The number of rotatable bonds is 7. The van der Waals surface area contributed by atoms with Gasteiger partial charge in [-0.2, -0.15) is 5.10 Å². The minimum atomic E-state index is -0.258. The molecule has 0 spiro atoms. The Balaban J connectivity index is 1.56. The van der Waals surface area contributed by atoms with Crippen LogP contribution in [0.3, 0.4) is 0 Å². The summed E-state index contributed by atoms with van der Waals surface area (Å²) in [4.78, 5) is 8.17. The first kappa shape index (κ1) is 15.9. The zero-order valence-electron chi connectivity index (χ0n) is 13.3. The second-order valence-corrected chi connectivity index (χ2v) is 5.08. The van der Waals surface area contributed by atoms with Crippen LogP contribution in [0, 0.1) is 5.82 Å². The number of hydrogen-bond acceptors (Lipinski definition) is 5. The smallest absolute Gasteiger partial charge is 0.218 e. The van der Waals surface area contributed by atoms with Gasteiger partial charge in [0, 0.05) is 25.2 Å². The Labute approximate surface area is 139 Å². The molecule has 0 amide bonds. The Bertz CT molecular complexity index is 788. The van der Waals surface area contributed by atoms with Crippen molar-refractivity contribution in [2.75, 3.05) is 18.5 Å². The summed E-state index contributed by atoms with van der Waals surface area (Å²) >= 11 is 0. The van der Waals surface area contributed by atoms with Gasteiger partial charge in [0.05, 0.1) is 18.0 Å². The van der Waals surface area contributed by atoms with Gasteiger partial charge in [-0.05, 0) is 37.3 Å². The molecular weight excluding hydrogens is 309 g/mol. The molecular formula is C17H18FN5O. The Morgan fingerprint density at radius 1 is 1.17 bits per heavy atom. The lowest BCUT2D eigenvalue weighted by molar-refractivity contribution is 0.326. The summed E-state index contributed by atoms with van der Waals surface area (Å²) in [6.07, 6.45) is 4.07. The highest BCUT2D eigenvalue weighted by atomic mass is 19.1. The molecule has 2 aromatic heterocycles. The van der Waals surface area contributed by atoms with Crippen molar-refractivity contribution >= 4 is 5.82 Å². The van der Waals surface area contributed by atoms with Crippen LogP contribution in [0.4, 0.5) is 10.2 Å². The van der Waals surface area contributed by atoms with E-state index < -0.39 is 0 Å². The van der Waals surface area contributed by atoms with E-state index >= 15 is 0 Å². The van der Waals surface area contributed by atoms with E-state index in [1.54, 1.807) is 22.9 Å². The van der Waals surface area contributed by atoms with Crippen LogP contribution in [0.15, 0.2) is 48.9 Å². The van der Waals surface area contributed by atoms with Crippen LogP contribution >= 0.6 is 0 Å². The first-order valence-corrected chi connectivity index (χ1v) is 7.74. The van der Waals surface area contributed by atoms with Crippen LogP contribution in [0.1, 0.15) is 12.6 Å². The third-order valence-corrected chi connectivity index (χ3v) is 3.36. The minimum Gasteiger partial charge on any atom is -0.478 e. The zero-order chi connectivity index (χ0) is 16.8. The Kier molecular flexibility index (Phi) is 5.00. The standard InChI is InChI=1S/C17H18FN5O/c1-2-24-17-11-16(20-12-21-17)19-9-7-14-8-10-23(22-14)15-5-3-13(18)4-6-15/h3-6,8,10-12H,2,7,9H2,1H3,(H,19,20,21). The fraction of sp³-hybridized carbons (Fsp3) is 0.235. The van der Waals surface area contributed by atoms with Crippen LogP contribution in [-0.2, 0) is 6.42 Å². The second-order valence-electron chi connectivity index (χ2n) is 5.08. The normalized spacial score (nSPS) is 10.6. The van der Waals surface area contributed by atoms with Crippen molar-refractivity contribution in [2.24, 2.45) is 0 Å². The lowest BCUT2D eigenvalue weighted by Crippen LogP contribution is -2.08. The van der Waals surface area contributed by atoms with E-state index in [1.807, 2.05) is 19.2 Å². The van der Waals surface area contributed by atoms with Gasteiger partial charge < -0.3 is 10.1 Å². The van der Waals surface area contributed by atoms with Crippen LogP contribution in [-0.4, -0.2) is 32.9 Å². The van der Waals surface area contributed by atoms with Crippen molar-refractivity contribution in [1.29, 1.82) is 0 Å². The van der Waals surface area contributed by atoms with Gasteiger partial charge in [-0.15, -0.1) is 0 Å². The molecule has 0 atom stereocenters. The highest BCUT2D eigenvalue weighted by molar-refractivity contribution is 5.37. The predicted octanol–water partition coefficient (Wildman–Crippen LogP) is 2.85. The van der Waals surface area contributed by atoms with Gasteiger partial charge >= 0.3 is 0 Å². The van der Waals surface area contributed by atoms with Crippen molar-refractivity contribution in [3.63, 3.8) is 0 Å². The number of ether oxygens (including phenoxy) is 1. The van der Waals surface area contributed by atoms with Crippen molar-refractivity contribution in [3.8, 4) is 11.6 Å². The molecule has 0 unspecified atom stereocenters. The maximum Gasteiger partial charge on any atom is 0.218 e. The maximum atomic E-state index is 13.0. The molecule has 124 valence electrons. The maximum absolute atomic E-state index is 13.0. The Morgan fingerprint density at radius 2 is 2.00 bits per heavy atom. The molecule has 2 heterocycles. The van der Waals surface area contributed by atoms with Gasteiger partial charge in [0.15, 0.2) is 0 Å². The topological polar surface area (TPSA) is 64.9 Å². The van der Waals surface area contributed by atoms with Gasteiger partial charge in [-0.25, -0.2) is 19.0 Å². The van der Waals surface area contributed by atoms with E-state index in [1.165, 1.54) is 18.5 Å². The van der Waals surface area contributed by atoms with Gasteiger partial charge in [-0.1, -0.05) is 0 Å². The summed E-state index contributed by atoms with van der Waals surface area (Å²) in [6, 6.07) is 9.94. The van der Waals surface area contributed by atoms with E-state index in [2.05, 4.69) is 20.4 Å². The summed E-state index contributed by atoms with van der Waals surface area (Å²) in [6.45, 7) is 3.16. The summed E-state index contributed by atoms with van der Waals surface area (Å²) in [7, 11) is 0. The summed E-state index contributed by atoms with van der Waals surface area (Å²) in [5, 5.41) is 7.70. The SMILES string of the molecule is CCOc1cc(NCCc2ccn(-c3ccc(F)cc3)n2)ncn1. The quantitative estimate of drug-likeness (QED) is 0.723. The average Bonchev–Trinajstić information content (AvgIpc) is 3.05. The third kappa shape index (κ3) is 4.07. The molecule has 0 aliphatic heterocycles. The zero-order valence-corrected chi connectivity index (χ0v) is 13.3. The van der Waals surface area contributed by atoms with Gasteiger partial charge in [0.1, 0.15) is 18.0 Å². The number of hydrogen-bond donors (Lipinski definition) is 1. The fourth-order valence-corrected chi connectivity index (χ4v) is 2.21. The van der Waals surface area contributed by atoms with E-state index in [9.17, 15) is 4.39 Å². The fourth-order valence-electron chi connectivity index (χ4n) is 2.21. The van der Waals surface area contributed by atoms with Gasteiger partial charge in [0.25, 0.3) is 0 Å². The monoisotopic (exact) mass is 327 g/mol. The lowest BCUT2D eigenvalue weighted by atomic mass is 10.3. The van der Waals surface area contributed by atoms with Crippen LogP contribution < -0.4 is 10.1 Å². The first-order valence-electron chi connectivity index (χ1n) is 7.74. The highest BCUT2D eigenvalue weighted by Gasteiger charge is 2.03. The van der Waals surface area contributed by atoms with Crippen molar-refractivity contribution in [3.05, 3.63) is 60.4 Å². The lowest BCUT2D eigenvalue weighted by Gasteiger charge is -2.06. The number of nitrogens with zero attached hydrogens (tertiary/aromatic N) is 4. The van der Waals surface area contributed by atoms with E-state index in [0.717, 1.165) is 17.8 Å². The molecule has 3 aromatic rings. The van der Waals surface area contributed by atoms with Crippen molar-refractivity contribution in [1.82, 2.24) is 19.7 Å². The van der Waals surface area contributed by atoms with Crippen molar-refractivity contribution in [2.45, 2.75) is 13.3 Å². The predicted molar refractivity (Wildman–Crippen MR) is 88.9 cm³/mol. The van der Waals surface area contributed by atoms with Crippen LogP contribution in [0.25, 0.3) is 5.69 Å². The molecule has 0 saturated heterocycles. The summed E-state index contributed by atoms with van der Waals surface area (Å²) < 4.78 is 20.0. The minimum absolute atomic E-state index is 0.258. The molecule has 3 rings (SSSR count). The molecule has 0 saturated carbocycles. The van der Waals surface area contributed by atoms with E-state index in [4.69, 9.17) is 4.74 Å². The molecule has 0 radical (unpaired) electrons. The molecule has 0 fully saturated rings. The second kappa shape index (κ2) is 7.54. The number of nitrogens with one attached hydrogen (secondary N) is 1. The number of anilines is 1. The molecule has 0 aliphatic rings. The number of benzene rings is 1. The van der Waals surface area contributed by atoms with E-state index in [-0.39, 0.29) is 5.82 Å². The molecule has 0 aliphatic carbocycles. The van der Waals surface area contributed by atoms with Crippen LogP contribution in [0.5, 0.6) is 5.88 Å². The third-order valence-electron chi connectivity index (χ3n) is 3.36. The van der Waals surface area contributed by atoms with Crippen molar-refractivity contribution < 1.29 is 9.13 Å². The summed E-state index contributed by atoms with van der Waals surface area (Å²) in [5.74, 6) is 1.01. The molecule has 0 bridgehead atoms. The number of halogens is 1. The average molecular weight is 327 g/mol. The summed E-state index contributed by atoms with van der Waals surface area (Å²) in [5.41, 5.74) is 1.76. The molecule has 24 heavy (non-hydrogen) atoms. The van der Waals surface area contributed by atoms with Gasteiger partial charge in [-0.3, -0.25) is 0 Å². The Hall–Kier alpha value is -2.96.